The number of hydrogen-bond donors (Lipinski definition) is 1. The molecule has 0 aromatic heterocycles. The van der Waals surface area contributed by atoms with Crippen LogP contribution in [0.5, 0.6) is 5.75 Å². The van der Waals surface area contributed by atoms with E-state index >= 15 is 0 Å². The number of amides is 2. The SMILES string of the molecule is CCOc1ccccc1N(CCCC(=O)N(Cc1ccc(Cl)cc1)[C@H](Cc1ccccc1)C(=O)N[C@H](C)CC)S(C)(=O)=O. The van der Waals surface area contributed by atoms with Crippen LogP contribution in [-0.4, -0.2) is 56.6 Å². The van der Waals surface area contributed by atoms with Crippen molar-refractivity contribution >= 4 is 39.1 Å². The molecular formula is C33H42ClN3O5S. The van der Waals surface area contributed by atoms with Gasteiger partial charge in [-0.15, -0.1) is 0 Å². The van der Waals surface area contributed by atoms with Crippen molar-refractivity contribution in [3.05, 3.63) is 95.0 Å². The van der Waals surface area contributed by atoms with E-state index in [4.69, 9.17) is 16.3 Å². The summed E-state index contributed by atoms with van der Waals surface area (Å²) in [6, 6.07) is 22.9. The Bertz CT molecular complexity index is 1430. The van der Waals surface area contributed by atoms with Gasteiger partial charge in [0.2, 0.25) is 21.8 Å². The number of halogens is 1. The highest BCUT2D eigenvalue weighted by Crippen LogP contribution is 2.30. The Hall–Kier alpha value is -3.56. The molecule has 0 fully saturated rings. The summed E-state index contributed by atoms with van der Waals surface area (Å²) >= 11 is 6.11. The highest BCUT2D eigenvalue weighted by atomic mass is 35.5. The highest BCUT2D eigenvalue weighted by Gasteiger charge is 2.31. The zero-order chi connectivity index (χ0) is 31.4. The molecule has 0 unspecified atom stereocenters. The van der Waals surface area contributed by atoms with Gasteiger partial charge in [0, 0.05) is 37.0 Å². The lowest BCUT2D eigenvalue weighted by Gasteiger charge is -2.33. The molecule has 3 aromatic carbocycles. The molecule has 0 bridgehead atoms. The molecule has 43 heavy (non-hydrogen) atoms. The van der Waals surface area contributed by atoms with E-state index in [0.717, 1.165) is 23.8 Å². The summed E-state index contributed by atoms with van der Waals surface area (Å²) in [5.41, 5.74) is 2.18. The van der Waals surface area contributed by atoms with Gasteiger partial charge >= 0.3 is 0 Å². The average Bonchev–Trinajstić information content (AvgIpc) is 2.98. The van der Waals surface area contributed by atoms with Gasteiger partial charge in [0.05, 0.1) is 18.6 Å². The van der Waals surface area contributed by atoms with E-state index in [1.54, 1.807) is 41.3 Å². The second-order valence-electron chi connectivity index (χ2n) is 10.5. The van der Waals surface area contributed by atoms with Gasteiger partial charge in [0.1, 0.15) is 11.8 Å². The summed E-state index contributed by atoms with van der Waals surface area (Å²) in [5.74, 6) is -0.0265. The van der Waals surface area contributed by atoms with Gasteiger partial charge in [-0.3, -0.25) is 13.9 Å². The Morgan fingerprint density at radius 2 is 1.58 bits per heavy atom. The second-order valence-corrected chi connectivity index (χ2v) is 12.9. The van der Waals surface area contributed by atoms with E-state index in [1.165, 1.54) is 4.31 Å². The number of carbonyl (C=O) groups is 2. The van der Waals surface area contributed by atoms with E-state index in [-0.39, 0.29) is 43.8 Å². The molecule has 10 heteroatoms. The largest absolute Gasteiger partial charge is 0.492 e. The van der Waals surface area contributed by atoms with Crippen LogP contribution in [0.3, 0.4) is 0 Å². The third kappa shape index (κ3) is 10.3. The van der Waals surface area contributed by atoms with E-state index in [9.17, 15) is 18.0 Å². The normalized spacial score (nSPS) is 12.7. The number of nitrogens with zero attached hydrogens (tertiary/aromatic N) is 2. The fraction of sp³-hybridized carbons (Fsp3) is 0.394. The minimum Gasteiger partial charge on any atom is -0.492 e. The maximum atomic E-state index is 14.0. The van der Waals surface area contributed by atoms with Crippen LogP contribution < -0.4 is 14.4 Å². The molecule has 1 N–H and O–H groups in total. The molecule has 0 aliphatic carbocycles. The van der Waals surface area contributed by atoms with Gasteiger partial charge in [0.15, 0.2) is 0 Å². The van der Waals surface area contributed by atoms with Crippen molar-refractivity contribution in [2.45, 2.75) is 65.1 Å². The Morgan fingerprint density at radius 1 is 0.930 bits per heavy atom. The summed E-state index contributed by atoms with van der Waals surface area (Å²) in [7, 11) is -3.66. The standard InChI is InChI=1S/C33H42ClN3O5S/c1-5-25(3)35-33(39)30(23-26-13-8-7-9-14-26)36(24-27-18-20-28(34)21-19-27)32(38)17-12-22-37(43(4,40)41)29-15-10-11-16-31(29)42-6-2/h7-11,13-16,18-21,25,30H,5-6,12,17,22-24H2,1-4H3,(H,35,39)/t25-,30-/m1/s1. The first-order chi connectivity index (χ1) is 20.5. The lowest BCUT2D eigenvalue weighted by Crippen LogP contribution is -2.52. The molecule has 0 aliphatic rings. The zero-order valence-electron chi connectivity index (χ0n) is 25.3. The second kappa shape index (κ2) is 16.3. The molecule has 0 radical (unpaired) electrons. The first kappa shape index (κ1) is 33.9. The molecule has 3 aromatic rings. The van der Waals surface area contributed by atoms with Crippen LogP contribution in [0.1, 0.15) is 51.2 Å². The quantitative estimate of drug-likeness (QED) is 0.215. The molecule has 2 amide bonds. The van der Waals surface area contributed by atoms with Crippen molar-refractivity contribution in [1.82, 2.24) is 10.2 Å². The van der Waals surface area contributed by atoms with Crippen LogP contribution in [0.4, 0.5) is 5.69 Å². The molecule has 0 saturated heterocycles. The molecule has 0 aliphatic heterocycles. The molecule has 0 heterocycles. The van der Waals surface area contributed by atoms with Crippen LogP contribution in [-0.2, 0) is 32.6 Å². The summed E-state index contributed by atoms with van der Waals surface area (Å²) in [6.45, 7) is 6.41. The number of ether oxygens (including phenoxy) is 1. The van der Waals surface area contributed by atoms with Gasteiger partial charge in [-0.1, -0.05) is 73.1 Å². The van der Waals surface area contributed by atoms with Crippen LogP contribution >= 0.6 is 11.6 Å². The number of carbonyl (C=O) groups excluding carboxylic acids is 2. The number of para-hydroxylation sites is 2. The maximum Gasteiger partial charge on any atom is 0.243 e. The van der Waals surface area contributed by atoms with E-state index in [2.05, 4.69) is 5.32 Å². The van der Waals surface area contributed by atoms with Gasteiger partial charge in [-0.25, -0.2) is 8.42 Å². The number of rotatable bonds is 16. The number of nitrogens with one attached hydrogen (secondary N) is 1. The van der Waals surface area contributed by atoms with Gasteiger partial charge in [0.25, 0.3) is 0 Å². The average molecular weight is 628 g/mol. The van der Waals surface area contributed by atoms with Crippen LogP contribution in [0.25, 0.3) is 0 Å². The minimum absolute atomic E-state index is 0.0400. The molecular weight excluding hydrogens is 586 g/mol. The van der Waals surface area contributed by atoms with Crippen molar-refractivity contribution in [2.24, 2.45) is 0 Å². The third-order valence-corrected chi connectivity index (χ3v) is 8.56. The lowest BCUT2D eigenvalue weighted by molar-refractivity contribution is -0.141. The zero-order valence-corrected chi connectivity index (χ0v) is 26.9. The molecule has 232 valence electrons. The fourth-order valence-electron chi connectivity index (χ4n) is 4.70. The smallest absolute Gasteiger partial charge is 0.243 e. The summed E-state index contributed by atoms with van der Waals surface area (Å²) in [6.07, 6.45) is 2.51. The molecule has 2 atom stereocenters. The first-order valence-corrected chi connectivity index (χ1v) is 16.8. The Kier molecular flexibility index (Phi) is 12.9. The number of benzene rings is 3. The number of hydrogen-bond acceptors (Lipinski definition) is 5. The lowest BCUT2D eigenvalue weighted by atomic mass is 10.0. The third-order valence-electron chi connectivity index (χ3n) is 7.12. The van der Waals surface area contributed by atoms with Crippen LogP contribution in [0, 0.1) is 0 Å². The van der Waals surface area contributed by atoms with Crippen LogP contribution in [0.2, 0.25) is 5.02 Å². The number of sulfonamides is 1. The van der Waals surface area contributed by atoms with E-state index in [1.807, 2.05) is 63.2 Å². The molecule has 8 nitrogen and oxygen atoms in total. The summed E-state index contributed by atoms with van der Waals surface area (Å²) < 4.78 is 32.6. The Balaban J connectivity index is 1.90. The van der Waals surface area contributed by atoms with Crippen molar-refractivity contribution in [1.29, 1.82) is 0 Å². The Morgan fingerprint density at radius 3 is 2.21 bits per heavy atom. The Labute approximate surface area is 261 Å². The highest BCUT2D eigenvalue weighted by molar-refractivity contribution is 7.92. The molecule has 0 saturated carbocycles. The van der Waals surface area contributed by atoms with Crippen molar-refractivity contribution in [2.75, 3.05) is 23.7 Å². The van der Waals surface area contributed by atoms with Gasteiger partial charge < -0.3 is 15.0 Å². The van der Waals surface area contributed by atoms with E-state index in [0.29, 0.717) is 29.5 Å². The van der Waals surface area contributed by atoms with Crippen LogP contribution in [0.15, 0.2) is 78.9 Å². The maximum absolute atomic E-state index is 14.0. The van der Waals surface area contributed by atoms with Gasteiger partial charge in [-0.2, -0.15) is 0 Å². The topological polar surface area (TPSA) is 96.0 Å². The molecule has 3 rings (SSSR count). The summed E-state index contributed by atoms with van der Waals surface area (Å²) in [5, 5.41) is 3.63. The predicted octanol–water partition coefficient (Wildman–Crippen LogP) is 5.84. The summed E-state index contributed by atoms with van der Waals surface area (Å²) in [4.78, 5) is 29.3. The van der Waals surface area contributed by atoms with Crippen molar-refractivity contribution in [3.63, 3.8) is 0 Å². The van der Waals surface area contributed by atoms with Crippen molar-refractivity contribution in [3.8, 4) is 5.75 Å². The minimum atomic E-state index is -3.66. The first-order valence-electron chi connectivity index (χ1n) is 14.6. The van der Waals surface area contributed by atoms with Gasteiger partial charge in [-0.05, 0) is 62.1 Å². The molecule has 0 spiro atoms. The number of anilines is 1. The van der Waals surface area contributed by atoms with E-state index < -0.39 is 16.1 Å². The fourth-order valence-corrected chi connectivity index (χ4v) is 5.80. The predicted molar refractivity (Wildman–Crippen MR) is 173 cm³/mol. The monoisotopic (exact) mass is 627 g/mol. The van der Waals surface area contributed by atoms with Crippen molar-refractivity contribution < 1.29 is 22.7 Å².